The van der Waals surface area contributed by atoms with Crippen molar-refractivity contribution in [2.24, 2.45) is 0 Å². The van der Waals surface area contributed by atoms with Crippen molar-refractivity contribution in [3.8, 4) is 11.6 Å². The van der Waals surface area contributed by atoms with E-state index in [1.807, 2.05) is 25.1 Å². The van der Waals surface area contributed by atoms with Crippen LogP contribution in [0.15, 0.2) is 46.9 Å². The van der Waals surface area contributed by atoms with E-state index >= 15 is 0 Å². The minimum absolute atomic E-state index is 0.110. The van der Waals surface area contributed by atoms with E-state index in [9.17, 15) is 9.90 Å². The number of aliphatic hydroxyl groups is 1. The normalized spacial score (nSPS) is 19.8. The lowest BCUT2D eigenvalue weighted by Crippen LogP contribution is -2.39. The lowest BCUT2D eigenvalue weighted by molar-refractivity contribution is 0.0873. The van der Waals surface area contributed by atoms with Crippen molar-refractivity contribution >= 4 is 34.2 Å². The molecular weight excluding hydrogens is 546 g/mol. The highest BCUT2D eigenvalue weighted by Gasteiger charge is 2.29. The van der Waals surface area contributed by atoms with E-state index in [-0.39, 0.29) is 18.1 Å². The Morgan fingerprint density at radius 1 is 1.02 bits per heavy atom. The number of rotatable bonds is 8. The average Bonchev–Trinajstić information content (AvgIpc) is 3.81. The number of nitrogens with one attached hydrogen (secondary N) is 2. The van der Waals surface area contributed by atoms with Crippen LogP contribution in [-0.4, -0.2) is 51.3 Å². The van der Waals surface area contributed by atoms with E-state index in [1.165, 1.54) is 0 Å². The molecule has 10 heteroatoms. The fourth-order valence-corrected chi connectivity index (χ4v) is 6.39. The number of carbonyl (C=O) groups excluding carboxylic acids is 1. The standard InChI is InChI=1S/C33H35N5O5/c1-18-34-25-13-10-19(16-29(25)42-18)22-12-15-26-30(22)32(43-21-6-3-4-7-21)38-33(37-26)36-24-14-11-20(17-28(24)41-2)31(40)35-23-8-5-9-27(23)39/h10-14,16-17,21,23,27,39H,3-9,15H2,1-2H3,(H,35,40)(H,36,37,38)/t23?,27-/m0/s1. The summed E-state index contributed by atoms with van der Waals surface area (Å²) in [7, 11) is 1.56. The van der Waals surface area contributed by atoms with E-state index < -0.39 is 6.10 Å². The molecule has 0 spiro atoms. The Kier molecular flexibility index (Phi) is 7.22. The number of aliphatic hydroxyl groups excluding tert-OH is 1. The number of allylic oxidation sites excluding steroid dienone is 1. The fraction of sp³-hybridized carbons (Fsp3) is 0.394. The van der Waals surface area contributed by atoms with Gasteiger partial charge in [0, 0.05) is 18.9 Å². The summed E-state index contributed by atoms with van der Waals surface area (Å²) in [6.45, 7) is 1.85. The van der Waals surface area contributed by atoms with Crippen molar-refractivity contribution in [3.05, 3.63) is 70.7 Å². The molecule has 2 aromatic heterocycles. The highest BCUT2D eigenvalue weighted by atomic mass is 16.5. The number of benzene rings is 2. The number of hydrogen-bond donors (Lipinski definition) is 3. The van der Waals surface area contributed by atoms with Crippen LogP contribution in [0.25, 0.3) is 16.7 Å². The Labute approximate surface area is 249 Å². The number of carbonyl (C=O) groups is 1. The van der Waals surface area contributed by atoms with Crippen molar-refractivity contribution < 1.29 is 23.8 Å². The molecule has 3 N–H and O–H groups in total. The molecule has 1 unspecified atom stereocenters. The topological polar surface area (TPSA) is 132 Å². The van der Waals surface area contributed by atoms with E-state index in [1.54, 1.807) is 25.3 Å². The summed E-state index contributed by atoms with van der Waals surface area (Å²) < 4.78 is 18.0. The highest BCUT2D eigenvalue weighted by molar-refractivity contribution is 5.96. The Bertz CT molecular complexity index is 1720. The molecular formula is C33H35N5O5. The quantitative estimate of drug-likeness (QED) is 0.242. The summed E-state index contributed by atoms with van der Waals surface area (Å²) >= 11 is 0. The number of methoxy groups -OCH3 is 1. The van der Waals surface area contributed by atoms with Crippen LogP contribution in [0.3, 0.4) is 0 Å². The summed E-state index contributed by atoms with van der Waals surface area (Å²) in [5.41, 5.74) is 6.45. The van der Waals surface area contributed by atoms with Crippen LogP contribution in [0, 0.1) is 6.92 Å². The van der Waals surface area contributed by atoms with E-state index in [4.69, 9.17) is 23.9 Å². The zero-order valence-corrected chi connectivity index (χ0v) is 24.4. The van der Waals surface area contributed by atoms with E-state index in [2.05, 4.69) is 21.7 Å². The summed E-state index contributed by atoms with van der Waals surface area (Å²) in [6.07, 6.45) is 9.06. The fourth-order valence-electron chi connectivity index (χ4n) is 6.39. The predicted molar refractivity (Wildman–Crippen MR) is 162 cm³/mol. The van der Waals surface area contributed by atoms with Crippen molar-refractivity contribution in [3.63, 3.8) is 0 Å². The van der Waals surface area contributed by atoms with Gasteiger partial charge in [-0.05, 0) is 86.4 Å². The molecule has 3 aliphatic carbocycles. The first-order valence-electron chi connectivity index (χ1n) is 15.0. The van der Waals surface area contributed by atoms with Gasteiger partial charge >= 0.3 is 0 Å². The van der Waals surface area contributed by atoms with Gasteiger partial charge in [0.1, 0.15) is 17.4 Å². The van der Waals surface area contributed by atoms with Crippen LogP contribution < -0.4 is 20.1 Å². The minimum Gasteiger partial charge on any atom is -0.495 e. The van der Waals surface area contributed by atoms with E-state index in [0.717, 1.165) is 72.0 Å². The number of aryl methyl sites for hydroxylation is 1. The van der Waals surface area contributed by atoms with Gasteiger partial charge in [0.05, 0.1) is 36.2 Å². The Hall–Kier alpha value is -4.44. The second kappa shape index (κ2) is 11.3. The SMILES string of the molecule is COc1cc(C(=O)NC2CCC[C@@H]2O)ccc1Nc1nc2c(c(OC3CCCC3)n1)C(c1ccc3nc(C)oc3c1)=CC2. The smallest absolute Gasteiger partial charge is 0.251 e. The summed E-state index contributed by atoms with van der Waals surface area (Å²) in [5.74, 6) is 1.83. The number of hydrogen-bond acceptors (Lipinski definition) is 9. The molecule has 2 heterocycles. The molecule has 7 rings (SSSR count). The van der Waals surface area contributed by atoms with Gasteiger partial charge in [-0.1, -0.05) is 12.1 Å². The Morgan fingerprint density at radius 3 is 2.67 bits per heavy atom. The molecule has 10 nitrogen and oxygen atoms in total. The third-order valence-electron chi connectivity index (χ3n) is 8.61. The number of anilines is 2. The number of fused-ring (bicyclic) bond motifs is 2. The molecule has 1 amide bonds. The van der Waals surface area contributed by atoms with Crippen molar-refractivity contribution in [2.45, 2.75) is 76.5 Å². The maximum Gasteiger partial charge on any atom is 0.251 e. The monoisotopic (exact) mass is 581 g/mol. The number of oxazole rings is 1. The maximum atomic E-state index is 12.9. The van der Waals surface area contributed by atoms with Gasteiger partial charge in [-0.3, -0.25) is 4.79 Å². The molecule has 222 valence electrons. The molecule has 0 bridgehead atoms. The van der Waals surface area contributed by atoms with Crippen LogP contribution in [0.5, 0.6) is 11.6 Å². The Balaban J connectivity index is 1.18. The van der Waals surface area contributed by atoms with Crippen LogP contribution in [0.1, 0.15) is 78.0 Å². The molecule has 2 saturated carbocycles. The second-order valence-electron chi connectivity index (χ2n) is 11.6. The zero-order chi connectivity index (χ0) is 29.5. The number of aromatic nitrogens is 3. The number of nitrogens with zero attached hydrogens (tertiary/aromatic N) is 3. The first-order chi connectivity index (χ1) is 20.9. The molecule has 2 atom stereocenters. The molecule has 2 fully saturated rings. The van der Waals surface area contributed by atoms with Crippen LogP contribution >= 0.6 is 0 Å². The van der Waals surface area contributed by atoms with Gasteiger partial charge in [0.2, 0.25) is 11.8 Å². The van der Waals surface area contributed by atoms with Crippen LogP contribution in [0.4, 0.5) is 11.6 Å². The van der Waals surface area contributed by atoms with Crippen LogP contribution in [-0.2, 0) is 6.42 Å². The predicted octanol–water partition coefficient (Wildman–Crippen LogP) is 5.63. The Morgan fingerprint density at radius 2 is 1.88 bits per heavy atom. The second-order valence-corrected chi connectivity index (χ2v) is 11.6. The summed E-state index contributed by atoms with van der Waals surface area (Å²) in [5, 5.41) is 16.4. The number of amides is 1. The molecule has 4 aromatic rings. The lowest BCUT2D eigenvalue weighted by Gasteiger charge is -2.19. The summed E-state index contributed by atoms with van der Waals surface area (Å²) in [6, 6.07) is 11.0. The lowest BCUT2D eigenvalue weighted by atomic mass is 10.0. The van der Waals surface area contributed by atoms with Gasteiger partial charge in [-0.15, -0.1) is 0 Å². The van der Waals surface area contributed by atoms with Crippen LogP contribution in [0.2, 0.25) is 0 Å². The van der Waals surface area contributed by atoms with E-state index in [0.29, 0.717) is 47.6 Å². The van der Waals surface area contributed by atoms with Gasteiger partial charge in [0.15, 0.2) is 11.5 Å². The molecule has 0 aliphatic heterocycles. The van der Waals surface area contributed by atoms with Gasteiger partial charge < -0.3 is 29.6 Å². The molecule has 0 saturated heterocycles. The van der Waals surface area contributed by atoms with Crippen molar-refractivity contribution in [2.75, 3.05) is 12.4 Å². The third kappa shape index (κ3) is 5.43. The molecule has 2 aromatic carbocycles. The van der Waals surface area contributed by atoms with Gasteiger partial charge in [-0.25, -0.2) is 9.97 Å². The minimum atomic E-state index is -0.506. The largest absolute Gasteiger partial charge is 0.495 e. The number of ether oxygens (including phenoxy) is 2. The molecule has 43 heavy (non-hydrogen) atoms. The third-order valence-corrected chi connectivity index (χ3v) is 8.61. The van der Waals surface area contributed by atoms with Crippen molar-refractivity contribution in [1.29, 1.82) is 0 Å². The summed E-state index contributed by atoms with van der Waals surface area (Å²) in [4.78, 5) is 27.1. The zero-order valence-electron chi connectivity index (χ0n) is 24.4. The van der Waals surface area contributed by atoms with Gasteiger partial charge in [0.25, 0.3) is 5.91 Å². The highest BCUT2D eigenvalue weighted by Crippen LogP contribution is 2.41. The first-order valence-corrected chi connectivity index (χ1v) is 15.0. The van der Waals surface area contributed by atoms with Gasteiger partial charge in [-0.2, -0.15) is 4.98 Å². The average molecular weight is 582 g/mol. The first kappa shape index (κ1) is 27.4. The molecule has 3 aliphatic rings. The maximum absolute atomic E-state index is 12.9. The molecule has 0 radical (unpaired) electrons. The van der Waals surface area contributed by atoms with Crippen molar-refractivity contribution in [1.82, 2.24) is 20.3 Å².